The zero-order valence-electron chi connectivity index (χ0n) is 48.2. The Kier molecular flexibility index (Phi) is 19.0. The number of hydrogen-bond acceptors (Lipinski definition) is 26. The number of ketones is 1. The van der Waals surface area contributed by atoms with E-state index >= 15 is 0 Å². The van der Waals surface area contributed by atoms with Crippen LogP contribution in [0.2, 0.25) is 0 Å². The number of cyclic esters (lactones) is 1. The Labute approximate surface area is 487 Å². The highest BCUT2D eigenvalue weighted by molar-refractivity contribution is 7.81. The van der Waals surface area contributed by atoms with Gasteiger partial charge in [0.1, 0.15) is 96.8 Å². The molecule has 0 aromatic heterocycles. The van der Waals surface area contributed by atoms with Gasteiger partial charge in [0.25, 0.3) is 0 Å². The Morgan fingerprint density at radius 3 is 1.87 bits per heavy atom. The van der Waals surface area contributed by atoms with Gasteiger partial charge in [-0.05, 0) is 100 Å². The molecule has 480 valence electrons. The quantitative estimate of drug-likeness (QED) is 0.0335. The molecular weight excluding hydrogens is 1160 g/mol. The van der Waals surface area contributed by atoms with Crippen LogP contribution in [0.25, 0.3) is 0 Å². The van der Waals surface area contributed by atoms with Crippen molar-refractivity contribution in [2.75, 3.05) is 26.9 Å². The molecule has 0 aromatic carbocycles. The van der Waals surface area contributed by atoms with E-state index in [0.29, 0.717) is 32.1 Å². The number of aliphatic hydroxyl groups excluding tert-OH is 8. The highest BCUT2D eigenvalue weighted by atomic mass is 32.3. The predicted molar refractivity (Wildman–Crippen MR) is 282 cm³/mol. The molecule has 30 heteroatoms. The van der Waals surface area contributed by atoms with Gasteiger partial charge >= 0.3 is 26.8 Å². The molecular formula is C54H84O28S2. The molecule has 1 spiro atoms. The second-order valence-corrected chi connectivity index (χ2v) is 28.0. The Hall–Kier alpha value is -2.32. The average Bonchev–Trinajstić information content (AvgIpc) is 1.45. The van der Waals surface area contributed by atoms with Gasteiger partial charge in [0.15, 0.2) is 25.2 Å². The second-order valence-electron chi connectivity index (χ2n) is 25.9. The zero-order chi connectivity index (χ0) is 61.8. The SMILES string of the molecule is C=C(C)CCCC1(C)OC(=O)C23CC=C4C(CCC5C4(C)CCC(OC4OCC(O)C(O)C4OC4OC(C)C(OC6OC(COS(=O)(=O)O)C(O)C(OC7OC(COS(=O)(=O)O)C(O)C(OC)C7O)C6O)C(O)C4O)C5(C)C)C2(C)CC(=O)C13. The van der Waals surface area contributed by atoms with Gasteiger partial charge < -0.3 is 88.2 Å². The molecule has 5 saturated heterocycles. The van der Waals surface area contributed by atoms with E-state index < -0.39 is 185 Å². The summed E-state index contributed by atoms with van der Waals surface area (Å²) in [6, 6.07) is 0. The minimum Gasteiger partial charge on any atom is -0.458 e. The summed E-state index contributed by atoms with van der Waals surface area (Å²) >= 11 is 0. The fraction of sp³-hybridized carbons (Fsp3) is 0.889. The van der Waals surface area contributed by atoms with Gasteiger partial charge in [-0.2, -0.15) is 16.8 Å². The summed E-state index contributed by atoms with van der Waals surface area (Å²) in [6.45, 7) is 15.3. The maximum Gasteiger partial charge on any atom is 0.397 e. The second kappa shape index (κ2) is 24.1. The van der Waals surface area contributed by atoms with Gasteiger partial charge in [-0.1, -0.05) is 44.9 Å². The van der Waals surface area contributed by atoms with E-state index in [4.69, 9.17) is 51.9 Å². The average molecular weight is 1250 g/mol. The maximum absolute atomic E-state index is 14.4. The van der Waals surface area contributed by atoms with Gasteiger partial charge in [0.05, 0.1) is 43.4 Å². The Morgan fingerprint density at radius 1 is 0.702 bits per heavy atom. The van der Waals surface area contributed by atoms with Crippen LogP contribution in [0.4, 0.5) is 0 Å². The smallest absolute Gasteiger partial charge is 0.397 e. The molecule has 27 unspecified atom stereocenters. The number of fused-ring (bicyclic) bond motifs is 4. The van der Waals surface area contributed by atoms with Crippen LogP contribution in [-0.2, 0) is 86.1 Å². The van der Waals surface area contributed by atoms with E-state index in [2.05, 4.69) is 48.7 Å². The first-order valence-electron chi connectivity index (χ1n) is 28.6. The zero-order valence-corrected chi connectivity index (χ0v) is 49.8. The molecule has 84 heavy (non-hydrogen) atoms. The third-order valence-corrected chi connectivity index (χ3v) is 21.1. The number of esters is 1. The standard InChI is InChI=1S/C54H84O28S2/c1-23(2)11-10-16-53(8)44-27(55)19-52(7)26-12-13-31-50(4,5)32(15-17-51(31,6)25(26)14-18-54(44,52)49(64)82-53)78-48-43(33(57)28(56)20-72-48)81-45-37(61)36(60)40(24(3)75-45)79-47-39(63)42(35(59)30(77-47)22-74-84(68,69)70)80-46-38(62)41(71-9)34(58)29(76-46)21-73-83(65,66)67/h14,24,26,28-48,56-63H,1,10-13,15-22H2,2-9H3,(H,65,66,67)(H,68,69,70). The first-order chi connectivity index (χ1) is 39.0. The fourth-order valence-corrected chi connectivity index (χ4v) is 16.7. The Bertz CT molecular complexity index is 2690. The number of methoxy groups -OCH3 is 1. The van der Waals surface area contributed by atoms with E-state index in [1.807, 2.05) is 13.8 Å². The van der Waals surface area contributed by atoms with Crippen molar-refractivity contribution in [1.29, 1.82) is 0 Å². The molecule has 4 aliphatic carbocycles. The monoisotopic (exact) mass is 1240 g/mol. The lowest BCUT2D eigenvalue weighted by Crippen LogP contribution is -2.67. The minimum absolute atomic E-state index is 0.0224. The van der Waals surface area contributed by atoms with Crippen molar-refractivity contribution >= 4 is 32.6 Å². The fourth-order valence-electron chi connectivity index (χ4n) is 16.1. The lowest BCUT2D eigenvalue weighted by Gasteiger charge is -2.63. The number of allylic oxidation sites excluding steroid dienone is 3. The molecule has 0 amide bonds. The number of hydrogen-bond donors (Lipinski definition) is 10. The summed E-state index contributed by atoms with van der Waals surface area (Å²) in [6.07, 6.45) is -27.4. The largest absolute Gasteiger partial charge is 0.458 e. The number of rotatable bonds is 19. The summed E-state index contributed by atoms with van der Waals surface area (Å²) in [5.74, 6) is -0.798. The van der Waals surface area contributed by atoms with E-state index in [1.165, 1.54) is 12.5 Å². The number of ether oxygens (including phenoxy) is 10. The third-order valence-electron chi connectivity index (χ3n) is 20.3. The summed E-state index contributed by atoms with van der Waals surface area (Å²) in [4.78, 5) is 28.7. The molecule has 3 saturated carbocycles. The summed E-state index contributed by atoms with van der Waals surface area (Å²) in [5.41, 5.74) is -1.22. The first-order valence-corrected chi connectivity index (χ1v) is 31.3. The summed E-state index contributed by atoms with van der Waals surface area (Å²) in [5, 5.41) is 90.6. The van der Waals surface area contributed by atoms with E-state index in [1.54, 1.807) is 0 Å². The third kappa shape index (κ3) is 11.9. The van der Waals surface area contributed by atoms with Crippen molar-refractivity contribution < 1.29 is 132 Å². The maximum atomic E-state index is 14.4. The molecule has 27 atom stereocenters. The summed E-state index contributed by atoms with van der Waals surface area (Å²) in [7, 11) is -9.26. The molecule has 28 nitrogen and oxygen atoms in total. The molecule has 0 radical (unpaired) electrons. The normalized spacial score (nSPS) is 48.5. The van der Waals surface area contributed by atoms with Crippen molar-refractivity contribution in [3.63, 3.8) is 0 Å². The topological polar surface area (TPSA) is 415 Å². The van der Waals surface area contributed by atoms with Crippen LogP contribution < -0.4 is 0 Å². The van der Waals surface area contributed by atoms with Gasteiger partial charge in [0, 0.05) is 13.5 Å². The van der Waals surface area contributed by atoms with Gasteiger partial charge in [-0.25, -0.2) is 8.37 Å². The Morgan fingerprint density at radius 2 is 1.27 bits per heavy atom. The molecule has 8 fully saturated rings. The van der Waals surface area contributed by atoms with Gasteiger partial charge in [-0.3, -0.25) is 18.7 Å². The van der Waals surface area contributed by atoms with Crippen LogP contribution in [0.3, 0.4) is 0 Å². The van der Waals surface area contributed by atoms with E-state index in [9.17, 15) is 71.8 Å². The molecule has 0 bridgehead atoms. The lowest BCUT2D eigenvalue weighted by atomic mass is 9.41. The Balaban J connectivity index is 0.882. The van der Waals surface area contributed by atoms with Crippen molar-refractivity contribution in [3.05, 3.63) is 23.8 Å². The lowest BCUT2D eigenvalue weighted by molar-refractivity contribution is -0.389. The van der Waals surface area contributed by atoms with Crippen molar-refractivity contribution in [1.82, 2.24) is 0 Å². The van der Waals surface area contributed by atoms with Crippen molar-refractivity contribution in [3.8, 4) is 0 Å². The number of carbonyl (C=O) groups is 2. The van der Waals surface area contributed by atoms with Crippen molar-refractivity contribution in [2.45, 2.75) is 235 Å². The van der Waals surface area contributed by atoms with Crippen LogP contribution in [0.1, 0.15) is 106 Å². The molecule has 10 N–H and O–H groups in total. The van der Waals surface area contributed by atoms with Crippen LogP contribution in [0.5, 0.6) is 0 Å². The predicted octanol–water partition coefficient (Wildman–Crippen LogP) is -0.555. The first kappa shape index (κ1) is 66.1. The highest BCUT2D eigenvalue weighted by Crippen LogP contribution is 2.75. The van der Waals surface area contributed by atoms with E-state index in [0.717, 1.165) is 31.9 Å². The molecule has 9 rings (SSSR count). The number of aliphatic hydroxyl groups is 8. The van der Waals surface area contributed by atoms with Gasteiger partial charge in [0.2, 0.25) is 0 Å². The molecule has 5 aliphatic heterocycles. The minimum atomic E-state index is -5.21. The van der Waals surface area contributed by atoms with Crippen LogP contribution in [-0.4, -0.2) is 234 Å². The number of carbonyl (C=O) groups excluding carboxylic acids is 2. The summed E-state index contributed by atoms with van der Waals surface area (Å²) < 4.78 is 133. The van der Waals surface area contributed by atoms with E-state index in [-0.39, 0.29) is 42.0 Å². The van der Waals surface area contributed by atoms with Gasteiger partial charge in [-0.15, -0.1) is 6.58 Å². The van der Waals surface area contributed by atoms with Crippen molar-refractivity contribution in [2.24, 2.45) is 39.4 Å². The van der Waals surface area contributed by atoms with Crippen LogP contribution >= 0.6 is 0 Å². The molecule has 0 aromatic rings. The molecule has 5 heterocycles. The number of Topliss-reactive ketones (excluding diaryl/α,β-unsaturated/α-hetero) is 1. The van der Waals surface area contributed by atoms with Crippen LogP contribution in [0, 0.1) is 39.4 Å². The van der Waals surface area contributed by atoms with Crippen LogP contribution in [0.15, 0.2) is 23.8 Å². The molecule has 9 aliphatic rings. The highest BCUT2D eigenvalue weighted by Gasteiger charge is 2.79.